The first-order chi connectivity index (χ1) is 25.9. The lowest BCUT2D eigenvalue weighted by atomic mass is 9.90. The van der Waals surface area contributed by atoms with Crippen molar-refractivity contribution in [3.8, 4) is 5.88 Å². The standard InChI is InChI=1S/C34H37N11O7S2/c1-34(2,3)29-24(37-19-38-29)16-26-32(40-25(31(48)39-26)14-21-8-5-4-6-9-21)52-20-51-28(46)11-7-10-23-18-44(43-42-23)12-13-53-54-33-27(45(49)50)15-22(17-36-33)30(47)41-35/h4-6,8-9,14-19H,7,10-13,20,35H2,1-3H3,(H,37,38)(H,39,48)(H,41,47)/b25-14-,26-16-. The maximum atomic E-state index is 13.0. The van der Waals surface area contributed by atoms with E-state index in [0.717, 1.165) is 28.1 Å². The molecular weight excluding hydrogens is 739 g/mol. The van der Waals surface area contributed by atoms with Crippen molar-refractivity contribution >= 4 is 51.3 Å². The van der Waals surface area contributed by atoms with Crippen molar-refractivity contribution < 1.29 is 24.0 Å². The molecule has 0 saturated carbocycles. The molecule has 0 aliphatic carbocycles. The van der Waals surface area contributed by atoms with Crippen LogP contribution in [0.25, 0.3) is 12.2 Å². The summed E-state index contributed by atoms with van der Waals surface area (Å²) in [5.74, 6) is 4.51. The molecule has 5 N–H and O–H groups in total. The maximum Gasteiger partial charge on any atom is 0.308 e. The third-order valence-electron chi connectivity index (χ3n) is 7.52. The monoisotopic (exact) mass is 775 g/mol. The van der Waals surface area contributed by atoms with Gasteiger partial charge in [0.2, 0.25) is 12.7 Å². The Bertz CT molecular complexity index is 2290. The van der Waals surface area contributed by atoms with Gasteiger partial charge in [0.05, 0.1) is 34.7 Å². The number of esters is 1. The number of hydrazine groups is 1. The van der Waals surface area contributed by atoms with Gasteiger partial charge in [-0.2, -0.15) is 0 Å². The van der Waals surface area contributed by atoms with Crippen molar-refractivity contribution in [3.05, 3.63) is 114 Å². The number of nitrogens with two attached hydrogens (primary N) is 1. The van der Waals surface area contributed by atoms with Crippen molar-refractivity contribution in [3.63, 3.8) is 0 Å². The Labute approximate surface area is 315 Å². The van der Waals surface area contributed by atoms with Gasteiger partial charge in [0.25, 0.3) is 11.5 Å². The van der Waals surface area contributed by atoms with Gasteiger partial charge in [-0.15, -0.1) is 5.10 Å². The Balaban J connectivity index is 1.13. The molecule has 5 aromatic rings. The number of nitrogens with one attached hydrogen (secondary N) is 3. The van der Waals surface area contributed by atoms with E-state index >= 15 is 0 Å². The molecule has 0 saturated heterocycles. The number of aryl methyl sites for hydroxylation is 2. The summed E-state index contributed by atoms with van der Waals surface area (Å²) in [4.78, 5) is 67.0. The van der Waals surface area contributed by atoms with Gasteiger partial charge in [0.1, 0.15) is 10.7 Å². The van der Waals surface area contributed by atoms with Crippen molar-refractivity contribution in [2.45, 2.75) is 57.0 Å². The first-order valence-corrected chi connectivity index (χ1v) is 18.8. The summed E-state index contributed by atoms with van der Waals surface area (Å²) in [6, 6.07) is 10.4. The zero-order valence-corrected chi connectivity index (χ0v) is 31.1. The summed E-state index contributed by atoms with van der Waals surface area (Å²) >= 11 is 0. The highest BCUT2D eigenvalue weighted by Gasteiger charge is 2.21. The van der Waals surface area contributed by atoms with Crippen LogP contribution in [0.5, 0.6) is 5.88 Å². The number of carbonyl (C=O) groups excluding carboxylic acids is 2. The number of carbonyl (C=O) groups is 2. The maximum absolute atomic E-state index is 13.0. The molecule has 0 aliphatic heterocycles. The minimum atomic E-state index is -0.681. The quantitative estimate of drug-likeness (QED) is 0.0164. The van der Waals surface area contributed by atoms with E-state index in [1.807, 2.05) is 56.5 Å². The van der Waals surface area contributed by atoms with Crippen molar-refractivity contribution in [1.29, 1.82) is 0 Å². The SMILES string of the molecule is CC(C)(C)c1[nH]cnc1/C=c1\[nH]c(=O)/c(=C/c2ccccc2)nc1OCOC(=O)CCCc1cn(CCSSc2ncc(C(=O)NN)cc2[N+](=O)[O-])nn1. The molecule has 0 unspecified atom stereocenters. The lowest BCUT2D eigenvalue weighted by molar-refractivity contribution is -0.388. The molecular formula is C34H37N11O7S2. The van der Waals surface area contributed by atoms with Gasteiger partial charge in [-0.05, 0) is 41.4 Å². The van der Waals surface area contributed by atoms with Crippen LogP contribution in [0, 0.1) is 10.1 Å². The molecule has 0 aliphatic rings. The van der Waals surface area contributed by atoms with Gasteiger partial charge in [0.15, 0.2) is 5.03 Å². The second kappa shape index (κ2) is 18.3. The number of H-pyrrole nitrogens is 2. The largest absolute Gasteiger partial charge is 0.438 e. The number of nitrogen functional groups attached to an aromatic ring is 1. The molecule has 4 heterocycles. The Hall–Kier alpha value is -5.86. The molecule has 0 radical (unpaired) electrons. The number of nitro groups is 1. The minimum absolute atomic E-state index is 0.0187. The van der Waals surface area contributed by atoms with Crippen LogP contribution in [0.15, 0.2) is 64.9 Å². The van der Waals surface area contributed by atoms with Crippen LogP contribution >= 0.6 is 21.6 Å². The molecule has 1 amide bonds. The Morgan fingerprint density at radius 2 is 1.96 bits per heavy atom. The Morgan fingerprint density at radius 3 is 2.70 bits per heavy atom. The third-order valence-corrected chi connectivity index (χ3v) is 9.78. The molecule has 1 aromatic carbocycles. The third kappa shape index (κ3) is 10.8. The highest BCUT2D eigenvalue weighted by Crippen LogP contribution is 2.36. The number of benzene rings is 1. The fourth-order valence-electron chi connectivity index (χ4n) is 4.90. The number of hydrogen-bond acceptors (Lipinski definition) is 15. The summed E-state index contributed by atoms with van der Waals surface area (Å²) in [7, 11) is 2.43. The molecule has 4 aromatic heterocycles. The second-order valence-corrected chi connectivity index (χ2v) is 15.0. The average molecular weight is 776 g/mol. The first-order valence-electron chi connectivity index (χ1n) is 16.5. The van der Waals surface area contributed by atoms with Crippen LogP contribution in [0.2, 0.25) is 0 Å². The number of pyridine rings is 1. The van der Waals surface area contributed by atoms with Gasteiger partial charge >= 0.3 is 11.7 Å². The van der Waals surface area contributed by atoms with Crippen LogP contribution in [-0.2, 0) is 27.9 Å². The lowest BCUT2D eigenvalue weighted by Gasteiger charge is -2.17. The first kappa shape index (κ1) is 39.3. The molecule has 18 nitrogen and oxygen atoms in total. The van der Waals surface area contributed by atoms with Crippen LogP contribution in [-0.4, -0.2) is 69.3 Å². The summed E-state index contributed by atoms with van der Waals surface area (Å²) in [6.07, 6.45) is 8.84. The number of nitrogens with zero attached hydrogens (tertiary/aromatic N) is 7. The molecule has 282 valence electrons. The van der Waals surface area contributed by atoms with Gasteiger partial charge < -0.3 is 19.4 Å². The molecule has 0 spiro atoms. The van der Waals surface area contributed by atoms with Gasteiger partial charge in [0, 0.05) is 41.7 Å². The van der Waals surface area contributed by atoms with Crippen molar-refractivity contribution in [2.75, 3.05) is 12.5 Å². The van der Waals surface area contributed by atoms with Gasteiger partial charge in [-0.25, -0.2) is 20.8 Å². The number of rotatable bonds is 16. The number of hydrogen-bond donors (Lipinski definition) is 4. The number of ether oxygens (including phenoxy) is 2. The van der Waals surface area contributed by atoms with E-state index in [2.05, 4.69) is 35.2 Å². The Kier molecular flexibility index (Phi) is 13.3. The predicted molar refractivity (Wildman–Crippen MR) is 200 cm³/mol. The number of aromatic amines is 2. The van der Waals surface area contributed by atoms with E-state index in [-0.39, 0.29) is 44.7 Å². The lowest BCUT2D eigenvalue weighted by Crippen LogP contribution is -2.38. The molecule has 0 atom stereocenters. The summed E-state index contributed by atoms with van der Waals surface area (Å²) < 4.78 is 12.8. The van der Waals surface area contributed by atoms with E-state index in [1.165, 1.54) is 17.0 Å². The van der Waals surface area contributed by atoms with Crippen LogP contribution in [0.3, 0.4) is 0 Å². The Morgan fingerprint density at radius 1 is 1.17 bits per heavy atom. The predicted octanol–water partition coefficient (Wildman–Crippen LogP) is 2.29. The highest BCUT2D eigenvalue weighted by atomic mass is 33.1. The fraction of sp³-hybridized carbons (Fsp3) is 0.294. The average Bonchev–Trinajstić information content (AvgIpc) is 3.82. The fourth-order valence-corrected chi connectivity index (χ4v) is 6.86. The molecule has 20 heteroatoms. The van der Waals surface area contributed by atoms with Crippen molar-refractivity contribution in [1.82, 2.24) is 45.3 Å². The zero-order chi connectivity index (χ0) is 38.7. The minimum Gasteiger partial charge on any atom is -0.438 e. The highest BCUT2D eigenvalue weighted by molar-refractivity contribution is 8.76. The molecule has 5 rings (SSSR count). The number of amides is 1. The molecule has 0 bridgehead atoms. The summed E-state index contributed by atoms with van der Waals surface area (Å²) in [5.41, 5.74) is 3.81. The van der Waals surface area contributed by atoms with Crippen LogP contribution < -0.4 is 32.3 Å². The zero-order valence-electron chi connectivity index (χ0n) is 29.5. The van der Waals surface area contributed by atoms with Crippen molar-refractivity contribution in [2.24, 2.45) is 5.84 Å². The normalized spacial score (nSPS) is 12.1. The second-order valence-electron chi connectivity index (χ2n) is 12.6. The van der Waals surface area contributed by atoms with E-state index < -0.39 is 29.2 Å². The number of imidazole rings is 1. The van der Waals surface area contributed by atoms with E-state index in [0.29, 0.717) is 36.5 Å². The number of aromatic nitrogens is 8. The van der Waals surface area contributed by atoms with Crippen LogP contribution in [0.4, 0.5) is 5.69 Å². The van der Waals surface area contributed by atoms with E-state index in [9.17, 15) is 24.5 Å². The smallest absolute Gasteiger partial charge is 0.308 e. The summed E-state index contributed by atoms with van der Waals surface area (Å²) in [6.45, 7) is 6.12. The van der Waals surface area contributed by atoms with Gasteiger partial charge in [-0.1, -0.05) is 67.1 Å². The topological polar surface area (TPSA) is 252 Å². The van der Waals surface area contributed by atoms with E-state index in [1.54, 1.807) is 29.4 Å². The summed E-state index contributed by atoms with van der Waals surface area (Å²) in [5, 5.41) is 20.2. The van der Waals surface area contributed by atoms with Crippen LogP contribution in [0.1, 0.15) is 66.6 Å². The van der Waals surface area contributed by atoms with Gasteiger partial charge in [-0.3, -0.25) is 34.6 Å². The molecule has 54 heavy (non-hydrogen) atoms. The molecule has 0 fully saturated rings. The van der Waals surface area contributed by atoms with E-state index in [4.69, 9.17) is 15.3 Å².